The maximum Gasteiger partial charge on any atom is 0.326 e. The van der Waals surface area contributed by atoms with Crippen LogP contribution in [0.4, 0.5) is 4.79 Å². The number of rotatable bonds is 7. The van der Waals surface area contributed by atoms with Gasteiger partial charge in [-0.25, -0.2) is 4.79 Å². The number of nitrogens with zero attached hydrogens (tertiary/aromatic N) is 4. The second-order valence-electron chi connectivity index (χ2n) is 11.6. The Labute approximate surface area is 254 Å². The lowest BCUT2D eigenvalue weighted by molar-refractivity contribution is 0.104. The summed E-state index contributed by atoms with van der Waals surface area (Å²) in [6.07, 6.45) is -0.0777. The van der Waals surface area contributed by atoms with E-state index in [1.807, 2.05) is 66.1 Å². The standard InChI is InChI=1S/C34H41ClN4O3/c1-22(2)37-17-19-38(20-18-37)34(40)39-32(26-9-7-24(5)8-10-26)31(25-11-13-27(35)14-12-25)36-33(39)29-16-15-28(41-6)21-30(29)42-23(3)4/h7-16,21-23,31-32H,17-20H2,1-6H3/t31-,32+/m0/s1. The van der Waals surface area contributed by atoms with E-state index in [1.54, 1.807) is 7.11 Å². The number of aryl methyl sites for hydroxylation is 1. The molecule has 0 bridgehead atoms. The van der Waals surface area contributed by atoms with Crippen LogP contribution in [0, 0.1) is 6.92 Å². The number of aliphatic imine (C=N–C) groups is 1. The maximum atomic E-state index is 14.7. The molecule has 3 aromatic carbocycles. The molecule has 8 heteroatoms. The molecule has 2 heterocycles. The lowest BCUT2D eigenvalue weighted by Gasteiger charge is -2.40. The van der Waals surface area contributed by atoms with E-state index >= 15 is 0 Å². The van der Waals surface area contributed by atoms with E-state index in [-0.39, 0.29) is 24.2 Å². The molecule has 222 valence electrons. The van der Waals surface area contributed by atoms with Gasteiger partial charge >= 0.3 is 6.03 Å². The number of benzene rings is 3. The zero-order valence-corrected chi connectivity index (χ0v) is 26.1. The summed E-state index contributed by atoms with van der Waals surface area (Å²) in [5, 5.41) is 0.659. The number of amides is 2. The zero-order valence-electron chi connectivity index (χ0n) is 25.4. The predicted octanol–water partition coefficient (Wildman–Crippen LogP) is 7.14. The SMILES string of the molecule is COc1ccc(C2=N[C@@H](c3ccc(Cl)cc3)[C@@H](c3ccc(C)cc3)N2C(=O)N2CCN(C(C)C)CC2)c(OC(C)C)c1. The molecule has 7 nitrogen and oxygen atoms in total. The molecular formula is C34H41ClN4O3. The number of piperazine rings is 1. The van der Waals surface area contributed by atoms with Crippen LogP contribution in [-0.2, 0) is 0 Å². The smallest absolute Gasteiger partial charge is 0.326 e. The maximum absolute atomic E-state index is 14.7. The topological polar surface area (TPSA) is 57.6 Å². The average molecular weight is 589 g/mol. The van der Waals surface area contributed by atoms with E-state index in [0.717, 1.165) is 35.3 Å². The molecule has 1 saturated heterocycles. The number of carbonyl (C=O) groups is 1. The minimum atomic E-state index is -0.355. The summed E-state index contributed by atoms with van der Waals surface area (Å²) in [5.41, 5.74) is 3.93. The van der Waals surface area contributed by atoms with E-state index in [2.05, 4.69) is 49.9 Å². The van der Waals surface area contributed by atoms with Gasteiger partial charge in [0, 0.05) is 43.3 Å². The Morgan fingerprint density at radius 2 is 1.55 bits per heavy atom. The highest BCUT2D eigenvalue weighted by Crippen LogP contribution is 2.45. The van der Waals surface area contributed by atoms with Crippen molar-refractivity contribution >= 4 is 23.5 Å². The fraction of sp³-hybridized carbons (Fsp3) is 0.412. The molecule has 2 aliphatic rings. The fourth-order valence-corrected chi connectivity index (χ4v) is 5.83. The molecule has 3 aromatic rings. The van der Waals surface area contributed by atoms with Gasteiger partial charge < -0.3 is 14.4 Å². The van der Waals surface area contributed by atoms with Crippen molar-refractivity contribution in [2.24, 2.45) is 4.99 Å². The first-order valence-corrected chi connectivity index (χ1v) is 15.1. The Morgan fingerprint density at radius 3 is 2.14 bits per heavy atom. The monoisotopic (exact) mass is 588 g/mol. The van der Waals surface area contributed by atoms with Crippen molar-refractivity contribution in [2.45, 2.75) is 58.8 Å². The molecule has 0 spiro atoms. The average Bonchev–Trinajstić information content (AvgIpc) is 3.37. The molecule has 0 saturated carbocycles. The highest BCUT2D eigenvalue weighted by atomic mass is 35.5. The van der Waals surface area contributed by atoms with Crippen molar-refractivity contribution in [3.63, 3.8) is 0 Å². The van der Waals surface area contributed by atoms with E-state index in [0.29, 0.717) is 41.5 Å². The van der Waals surface area contributed by atoms with Gasteiger partial charge in [0.15, 0.2) is 0 Å². The molecule has 0 aromatic heterocycles. The molecule has 0 N–H and O–H groups in total. The van der Waals surface area contributed by atoms with Crippen LogP contribution in [0.15, 0.2) is 71.7 Å². The Hall–Kier alpha value is -3.55. The molecule has 0 unspecified atom stereocenters. The van der Waals surface area contributed by atoms with Crippen LogP contribution in [0.3, 0.4) is 0 Å². The van der Waals surface area contributed by atoms with Gasteiger partial charge in [-0.3, -0.25) is 14.8 Å². The quantitative estimate of drug-likeness (QED) is 0.294. The largest absolute Gasteiger partial charge is 0.497 e. The lowest BCUT2D eigenvalue weighted by atomic mass is 9.93. The number of amidine groups is 1. The van der Waals surface area contributed by atoms with Crippen LogP contribution < -0.4 is 9.47 Å². The van der Waals surface area contributed by atoms with E-state index in [4.69, 9.17) is 26.1 Å². The first-order chi connectivity index (χ1) is 20.2. The van der Waals surface area contributed by atoms with E-state index in [1.165, 1.54) is 0 Å². The van der Waals surface area contributed by atoms with Crippen LogP contribution >= 0.6 is 11.6 Å². The Bertz CT molecular complexity index is 1410. The molecular weight excluding hydrogens is 548 g/mol. The Morgan fingerprint density at radius 1 is 0.905 bits per heavy atom. The summed E-state index contributed by atoms with van der Waals surface area (Å²) in [6.45, 7) is 13.4. The van der Waals surface area contributed by atoms with Gasteiger partial charge in [-0.2, -0.15) is 0 Å². The molecule has 42 heavy (non-hydrogen) atoms. The van der Waals surface area contributed by atoms with Gasteiger partial charge in [-0.1, -0.05) is 53.6 Å². The van der Waals surface area contributed by atoms with E-state index < -0.39 is 0 Å². The van der Waals surface area contributed by atoms with Crippen molar-refractivity contribution in [3.8, 4) is 11.5 Å². The first kappa shape index (κ1) is 29.9. The Balaban J connectivity index is 1.66. The summed E-state index contributed by atoms with van der Waals surface area (Å²) >= 11 is 6.29. The van der Waals surface area contributed by atoms with Crippen LogP contribution in [0.2, 0.25) is 5.02 Å². The highest BCUT2D eigenvalue weighted by Gasteiger charge is 2.45. The normalized spacial score (nSPS) is 19.4. The molecule has 2 aliphatic heterocycles. The number of hydrogen-bond donors (Lipinski definition) is 0. The molecule has 2 amide bonds. The summed E-state index contributed by atoms with van der Waals surface area (Å²) in [4.78, 5) is 26.3. The third kappa shape index (κ3) is 6.27. The van der Waals surface area contributed by atoms with Gasteiger partial charge in [0.1, 0.15) is 23.4 Å². The van der Waals surface area contributed by atoms with Gasteiger partial charge in [0.2, 0.25) is 0 Å². The molecule has 0 aliphatic carbocycles. The molecule has 0 radical (unpaired) electrons. The number of hydrogen-bond acceptors (Lipinski definition) is 5. The van der Waals surface area contributed by atoms with Crippen molar-refractivity contribution in [1.82, 2.24) is 14.7 Å². The summed E-state index contributed by atoms with van der Waals surface area (Å²) in [5.74, 6) is 1.90. The summed E-state index contributed by atoms with van der Waals surface area (Å²) in [6, 6.07) is 21.6. The van der Waals surface area contributed by atoms with Gasteiger partial charge in [-0.15, -0.1) is 0 Å². The third-order valence-corrected chi connectivity index (χ3v) is 8.26. The third-order valence-electron chi connectivity index (χ3n) is 8.01. The number of methoxy groups -OCH3 is 1. The number of urea groups is 1. The van der Waals surface area contributed by atoms with Crippen molar-refractivity contribution < 1.29 is 14.3 Å². The fourth-order valence-electron chi connectivity index (χ4n) is 5.71. The van der Waals surface area contributed by atoms with Gasteiger partial charge in [-0.05, 0) is 70.0 Å². The van der Waals surface area contributed by atoms with Crippen LogP contribution in [0.1, 0.15) is 62.0 Å². The van der Waals surface area contributed by atoms with Crippen LogP contribution in [0.25, 0.3) is 0 Å². The molecule has 1 fully saturated rings. The summed E-state index contributed by atoms with van der Waals surface area (Å²) in [7, 11) is 1.64. The van der Waals surface area contributed by atoms with Crippen LogP contribution in [0.5, 0.6) is 11.5 Å². The Kier molecular flexibility index (Phi) is 9.09. The second kappa shape index (κ2) is 12.8. The zero-order chi connectivity index (χ0) is 30.0. The van der Waals surface area contributed by atoms with Crippen molar-refractivity contribution in [3.05, 3.63) is 94.0 Å². The second-order valence-corrected chi connectivity index (χ2v) is 12.0. The molecule has 2 atom stereocenters. The lowest BCUT2D eigenvalue weighted by Crippen LogP contribution is -2.55. The number of carbonyl (C=O) groups excluding carboxylic acids is 1. The minimum absolute atomic E-state index is 0.0505. The predicted molar refractivity (Wildman–Crippen MR) is 169 cm³/mol. The van der Waals surface area contributed by atoms with Gasteiger partial charge in [0.25, 0.3) is 0 Å². The number of halogens is 1. The van der Waals surface area contributed by atoms with Crippen molar-refractivity contribution in [1.29, 1.82) is 0 Å². The van der Waals surface area contributed by atoms with Gasteiger partial charge in [0.05, 0.1) is 24.8 Å². The molecule has 5 rings (SSSR count). The highest BCUT2D eigenvalue weighted by molar-refractivity contribution is 6.30. The minimum Gasteiger partial charge on any atom is -0.497 e. The van der Waals surface area contributed by atoms with Crippen LogP contribution in [-0.4, -0.2) is 72.0 Å². The van der Waals surface area contributed by atoms with E-state index in [9.17, 15) is 4.79 Å². The number of ether oxygens (including phenoxy) is 2. The first-order valence-electron chi connectivity index (χ1n) is 14.7. The van der Waals surface area contributed by atoms with Crippen molar-refractivity contribution in [2.75, 3.05) is 33.3 Å². The summed E-state index contributed by atoms with van der Waals surface area (Å²) < 4.78 is 11.8.